The lowest BCUT2D eigenvalue weighted by Gasteiger charge is -2.31. The summed E-state index contributed by atoms with van der Waals surface area (Å²) in [6, 6.07) is 13.6. The first-order valence-electron chi connectivity index (χ1n) is 9.50. The van der Waals surface area contributed by atoms with Crippen LogP contribution in [0.4, 0.5) is 13.6 Å². The summed E-state index contributed by atoms with van der Waals surface area (Å²) in [5, 5.41) is 2.88. The molecule has 6 nitrogen and oxygen atoms in total. The number of halogens is 2. The monoisotopic (exact) mass is 406 g/mol. The number of urea groups is 1. The average Bonchev–Trinajstić information content (AvgIpc) is 2.72. The topological polar surface area (TPSA) is 60.0 Å². The quantitative estimate of drug-likeness (QED) is 0.726. The number of amides is 2. The van der Waals surface area contributed by atoms with Gasteiger partial charge in [0.1, 0.15) is 12.4 Å². The Bertz CT molecular complexity index is 802. The number of nitrogens with one attached hydrogen (secondary N) is 1. The molecule has 1 N–H and O–H groups in total. The van der Waals surface area contributed by atoms with E-state index in [9.17, 15) is 13.6 Å². The van der Waals surface area contributed by atoms with Crippen LogP contribution in [0.25, 0.3) is 0 Å². The van der Waals surface area contributed by atoms with Crippen LogP contribution in [0.1, 0.15) is 12.5 Å². The molecule has 0 fully saturated rings. The number of likely N-dealkylation sites (N-methyl/N-ethyl adjacent to an activating group) is 1. The summed E-state index contributed by atoms with van der Waals surface area (Å²) in [5.41, 5.74) is 0.913. The number of nitrogens with zero attached hydrogens (tertiary/aromatic N) is 1. The lowest BCUT2D eigenvalue weighted by Crippen LogP contribution is -2.47. The van der Waals surface area contributed by atoms with E-state index < -0.39 is 6.61 Å². The summed E-state index contributed by atoms with van der Waals surface area (Å²) < 4.78 is 40.3. The van der Waals surface area contributed by atoms with E-state index in [4.69, 9.17) is 9.47 Å². The molecule has 29 heavy (non-hydrogen) atoms. The summed E-state index contributed by atoms with van der Waals surface area (Å²) in [7, 11) is 0. The van der Waals surface area contributed by atoms with Crippen molar-refractivity contribution in [2.24, 2.45) is 0 Å². The first-order chi connectivity index (χ1) is 14.0. The van der Waals surface area contributed by atoms with Crippen LogP contribution < -0.4 is 19.5 Å². The molecule has 0 saturated carbocycles. The molecule has 0 spiro atoms. The van der Waals surface area contributed by atoms with Crippen LogP contribution in [0, 0.1) is 0 Å². The predicted octanol–water partition coefficient (Wildman–Crippen LogP) is 3.70. The van der Waals surface area contributed by atoms with Crippen molar-refractivity contribution < 1.29 is 27.8 Å². The fourth-order valence-corrected chi connectivity index (χ4v) is 3.02. The molecule has 1 aliphatic heterocycles. The van der Waals surface area contributed by atoms with Crippen LogP contribution in [0.5, 0.6) is 17.2 Å². The van der Waals surface area contributed by atoms with Crippen LogP contribution in [0.3, 0.4) is 0 Å². The zero-order valence-electron chi connectivity index (χ0n) is 16.1. The number of ether oxygens (including phenoxy) is 3. The Hall–Kier alpha value is -3.03. The van der Waals surface area contributed by atoms with Crippen molar-refractivity contribution >= 4 is 6.03 Å². The molecule has 156 valence electrons. The molecular formula is C21H24F2N2O4. The maximum Gasteiger partial charge on any atom is 0.387 e. The van der Waals surface area contributed by atoms with E-state index in [2.05, 4.69) is 10.1 Å². The minimum absolute atomic E-state index is 0.112. The lowest BCUT2D eigenvalue weighted by atomic mass is 10.1. The van der Waals surface area contributed by atoms with Gasteiger partial charge in [0.05, 0.1) is 6.54 Å². The van der Waals surface area contributed by atoms with E-state index in [1.165, 1.54) is 12.1 Å². The maximum absolute atomic E-state index is 12.5. The highest BCUT2D eigenvalue weighted by Crippen LogP contribution is 2.31. The number of carbonyl (C=O) groups is 1. The summed E-state index contributed by atoms with van der Waals surface area (Å²) >= 11 is 0. The van der Waals surface area contributed by atoms with Gasteiger partial charge < -0.3 is 24.4 Å². The number of rotatable bonds is 8. The van der Waals surface area contributed by atoms with E-state index in [1.807, 2.05) is 31.2 Å². The van der Waals surface area contributed by atoms with Crippen molar-refractivity contribution in [3.05, 3.63) is 54.1 Å². The molecule has 0 aromatic heterocycles. The van der Waals surface area contributed by atoms with Gasteiger partial charge in [0.25, 0.3) is 0 Å². The molecule has 1 aliphatic rings. The molecule has 8 heteroatoms. The molecule has 0 aliphatic carbocycles. The third-order valence-electron chi connectivity index (χ3n) is 4.50. The predicted molar refractivity (Wildman–Crippen MR) is 104 cm³/mol. The second-order valence-corrected chi connectivity index (χ2v) is 6.54. The number of fused-ring (bicyclic) bond motifs is 1. The highest BCUT2D eigenvalue weighted by atomic mass is 19.3. The fraction of sp³-hybridized carbons (Fsp3) is 0.381. The molecule has 3 rings (SSSR count). The van der Waals surface area contributed by atoms with Gasteiger partial charge in [-0.25, -0.2) is 4.79 Å². The minimum Gasteiger partial charge on any atom is -0.486 e. The van der Waals surface area contributed by atoms with Gasteiger partial charge >= 0.3 is 12.6 Å². The first kappa shape index (κ1) is 20.7. The van der Waals surface area contributed by atoms with Gasteiger partial charge in [-0.1, -0.05) is 24.3 Å². The van der Waals surface area contributed by atoms with Crippen LogP contribution in [-0.2, 0) is 6.42 Å². The van der Waals surface area contributed by atoms with Crippen molar-refractivity contribution in [1.29, 1.82) is 0 Å². The molecule has 2 aromatic rings. The molecule has 0 radical (unpaired) electrons. The third kappa shape index (κ3) is 5.97. The Kier molecular flexibility index (Phi) is 7.10. The van der Waals surface area contributed by atoms with E-state index >= 15 is 0 Å². The summed E-state index contributed by atoms with van der Waals surface area (Å²) in [5.74, 6) is 1.50. The van der Waals surface area contributed by atoms with Gasteiger partial charge in [-0.15, -0.1) is 0 Å². The summed E-state index contributed by atoms with van der Waals surface area (Å²) in [6.45, 7) is 0.818. The first-order valence-corrected chi connectivity index (χ1v) is 9.50. The molecule has 0 unspecified atom stereocenters. The van der Waals surface area contributed by atoms with Crippen LogP contribution in [0.15, 0.2) is 48.5 Å². The Labute approximate surface area is 168 Å². The van der Waals surface area contributed by atoms with E-state index in [1.54, 1.807) is 17.0 Å². The second kappa shape index (κ2) is 9.95. The van der Waals surface area contributed by atoms with Crippen molar-refractivity contribution in [3.63, 3.8) is 0 Å². The highest BCUT2D eigenvalue weighted by Gasteiger charge is 2.24. The maximum atomic E-state index is 12.5. The van der Waals surface area contributed by atoms with E-state index in [0.29, 0.717) is 44.2 Å². The molecule has 1 atom stereocenters. The number of hydrogen-bond acceptors (Lipinski definition) is 4. The van der Waals surface area contributed by atoms with Crippen LogP contribution in [-0.4, -0.2) is 49.9 Å². The van der Waals surface area contributed by atoms with Gasteiger partial charge in [-0.2, -0.15) is 8.78 Å². The van der Waals surface area contributed by atoms with Gasteiger partial charge in [0.2, 0.25) is 0 Å². The van der Waals surface area contributed by atoms with Crippen molar-refractivity contribution in [1.82, 2.24) is 10.2 Å². The SMILES string of the molecule is CCN(C[C@H]1COc2ccccc2O1)C(=O)NCCc1ccc(OC(F)F)cc1. The van der Waals surface area contributed by atoms with Gasteiger partial charge in [-0.05, 0) is 43.2 Å². The van der Waals surface area contributed by atoms with Crippen molar-refractivity contribution in [3.8, 4) is 17.2 Å². The van der Waals surface area contributed by atoms with Crippen LogP contribution in [0.2, 0.25) is 0 Å². The molecule has 2 aromatic carbocycles. The van der Waals surface area contributed by atoms with Crippen LogP contribution >= 0.6 is 0 Å². The number of para-hydroxylation sites is 2. The zero-order valence-corrected chi connectivity index (χ0v) is 16.1. The standard InChI is InChI=1S/C21H24F2N2O4/c1-2-25(13-17-14-27-18-5-3-4-6-19(18)28-17)21(26)24-12-11-15-7-9-16(10-8-15)29-20(22)23/h3-10,17,20H,2,11-14H2,1H3,(H,24,26)/t17-/m0/s1. The molecule has 2 amide bonds. The Morgan fingerprint density at radius 1 is 1.21 bits per heavy atom. The molecule has 0 bridgehead atoms. The Morgan fingerprint density at radius 3 is 2.62 bits per heavy atom. The fourth-order valence-electron chi connectivity index (χ4n) is 3.02. The van der Waals surface area contributed by atoms with Gasteiger partial charge in [-0.3, -0.25) is 0 Å². The lowest BCUT2D eigenvalue weighted by molar-refractivity contribution is -0.0498. The average molecular weight is 406 g/mol. The number of hydrogen-bond donors (Lipinski definition) is 1. The molecule has 1 heterocycles. The van der Waals surface area contributed by atoms with Crippen molar-refractivity contribution in [2.75, 3.05) is 26.2 Å². The van der Waals surface area contributed by atoms with E-state index in [0.717, 1.165) is 5.56 Å². The highest BCUT2D eigenvalue weighted by molar-refractivity contribution is 5.74. The number of alkyl halides is 2. The molecule has 0 saturated heterocycles. The molecular weight excluding hydrogens is 382 g/mol. The van der Waals surface area contributed by atoms with E-state index in [-0.39, 0.29) is 17.9 Å². The third-order valence-corrected chi connectivity index (χ3v) is 4.50. The summed E-state index contributed by atoms with van der Waals surface area (Å²) in [6.07, 6.45) is 0.340. The zero-order chi connectivity index (χ0) is 20.6. The minimum atomic E-state index is -2.84. The summed E-state index contributed by atoms with van der Waals surface area (Å²) in [4.78, 5) is 14.1. The second-order valence-electron chi connectivity index (χ2n) is 6.54. The Balaban J connectivity index is 1.44. The Morgan fingerprint density at radius 2 is 1.93 bits per heavy atom. The van der Waals surface area contributed by atoms with Crippen molar-refractivity contribution in [2.45, 2.75) is 26.1 Å². The van der Waals surface area contributed by atoms with Gasteiger partial charge in [0, 0.05) is 13.1 Å². The van der Waals surface area contributed by atoms with Gasteiger partial charge in [0.15, 0.2) is 17.6 Å². The number of benzene rings is 2. The number of carbonyl (C=O) groups excluding carboxylic acids is 1. The largest absolute Gasteiger partial charge is 0.486 e. The normalized spacial score (nSPS) is 15.1. The smallest absolute Gasteiger partial charge is 0.387 e.